The summed E-state index contributed by atoms with van der Waals surface area (Å²) in [5, 5.41) is 3.95. The third-order valence-electron chi connectivity index (χ3n) is 5.88. The van der Waals surface area contributed by atoms with Gasteiger partial charge in [-0.1, -0.05) is 56.6 Å². The fourth-order valence-electron chi connectivity index (χ4n) is 4.89. The smallest absolute Gasteiger partial charge is 0.270 e. The van der Waals surface area contributed by atoms with Crippen molar-refractivity contribution in [2.24, 2.45) is 11.3 Å². The summed E-state index contributed by atoms with van der Waals surface area (Å²) < 4.78 is 1.85. The van der Waals surface area contributed by atoms with Crippen molar-refractivity contribution in [3.05, 3.63) is 71.8 Å². The first-order chi connectivity index (χ1) is 14.3. The second-order valence-corrected chi connectivity index (χ2v) is 9.73. The van der Waals surface area contributed by atoms with Crippen molar-refractivity contribution >= 4 is 17.5 Å². The van der Waals surface area contributed by atoms with Gasteiger partial charge in [-0.05, 0) is 66.0 Å². The number of amides is 1. The normalized spacial score (nSPS) is 20.7. The number of hydrogen-bond acceptors (Lipinski definition) is 2. The van der Waals surface area contributed by atoms with Gasteiger partial charge in [0.05, 0.1) is 12.5 Å². The van der Waals surface area contributed by atoms with Crippen LogP contribution in [-0.2, 0) is 0 Å². The van der Waals surface area contributed by atoms with Crippen molar-refractivity contribution in [1.82, 2.24) is 14.9 Å². The molecule has 0 spiro atoms. The van der Waals surface area contributed by atoms with E-state index in [1.165, 1.54) is 6.42 Å². The predicted octanol–water partition coefficient (Wildman–Crippen LogP) is 6.14. The average molecular weight is 422 g/mol. The van der Waals surface area contributed by atoms with Crippen LogP contribution >= 0.6 is 11.6 Å². The summed E-state index contributed by atoms with van der Waals surface area (Å²) in [6.45, 7) is 6.84. The minimum absolute atomic E-state index is 0.0736. The quantitative estimate of drug-likeness (QED) is 0.550. The van der Waals surface area contributed by atoms with Crippen molar-refractivity contribution in [1.29, 1.82) is 0 Å². The summed E-state index contributed by atoms with van der Waals surface area (Å²) in [7, 11) is 0. The van der Waals surface area contributed by atoms with Crippen LogP contribution < -0.4 is 5.32 Å². The first kappa shape index (κ1) is 20.7. The number of rotatable bonds is 4. The van der Waals surface area contributed by atoms with Gasteiger partial charge in [0, 0.05) is 16.8 Å². The molecular weight excluding hydrogens is 394 g/mol. The van der Waals surface area contributed by atoms with Gasteiger partial charge in [0.2, 0.25) is 0 Å². The number of carbonyl (C=O) groups excluding carboxylic acids is 1. The minimum Gasteiger partial charge on any atom is -0.348 e. The van der Waals surface area contributed by atoms with Crippen molar-refractivity contribution < 1.29 is 4.79 Å². The predicted molar refractivity (Wildman–Crippen MR) is 122 cm³/mol. The van der Waals surface area contributed by atoms with E-state index in [2.05, 4.69) is 37.1 Å². The maximum atomic E-state index is 13.1. The number of carbonyl (C=O) groups is 1. The Bertz CT molecular complexity index is 1060. The zero-order valence-corrected chi connectivity index (χ0v) is 18.5. The minimum atomic E-state index is -0.0736. The SMILES string of the molecule is C[C@H]1C[C@@H](NC(=O)c2cncn2-c2cccc(-c3cccc(Cl)c3)c2)CC(C)(C)C1. The van der Waals surface area contributed by atoms with Gasteiger partial charge in [0.25, 0.3) is 5.91 Å². The fourth-order valence-corrected chi connectivity index (χ4v) is 5.08. The lowest BCUT2D eigenvalue weighted by molar-refractivity contribution is 0.0867. The number of benzene rings is 2. The van der Waals surface area contributed by atoms with Crippen LogP contribution in [0.2, 0.25) is 5.02 Å². The Kier molecular flexibility index (Phi) is 5.70. The molecule has 1 fully saturated rings. The average Bonchev–Trinajstić information content (AvgIpc) is 3.16. The Hall–Kier alpha value is -2.59. The van der Waals surface area contributed by atoms with Crippen LogP contribution in [0, 0.1) is 11.3 Å². The van der Waals surface area contributed by atoms with Crippen LogP contribution in [-0.4, -0.2) is 21.5 Å². The number of aromatic nitrogens is 2. The lowest BCUT2D eigenvalue weighted by Crippen LogP contribution is -2.43. The van der Waals surface area contributed by atoms with Crippen LogP contribution in [0.1, 0.15) is 50.5 Å². The zero-order valence-electron chi connectivity index (χ0n) is 17.7. The van der Waals surface area contributed by atoms with Crippen LogP contribution in [0.4, 0.5) is 0 Å². The van der Waals surface area contributed by atoms with E-state index in [1.807, 2.05) is 47.0 Å². The Morgan fingerprint density at radius 3 is 2.60 bits per heavy atom. The summed E-state index contributed by atoms with van der Waals surface area (Å²) in [5.41, 5.74) is 3.77. The van der Waals surface area contributed by atoms with Gasteiger partial charge in [0.15, 0.2) is 0 Å². The molecule has 0 saturated heterocycles. The Labute approximate surface area is 183 Å². The molecule has 1 saturated carbocycles. The van der Waals surface area contributed by atoms with Gasteiger partial charge in [-0.25, -0.2) is 4.98 Å². The molecule has 5 heteroatoms. The van der Waals surface area contributed by atoms with Gasteiger partial charge < -0.3 is 5.32 Å². The van der Waals surface area contributed by atoms with E-state index in [0.29, 0.717) is 16.6 Å². The highest BCUT2D eigenvalue weighted by molar-refractivity contribution is 6.30. The highest BCUT2D eigenvalue weighted by Gasteiger charge is 2.33. The summed E-state index contributed by atoms with van der Waals surface area (Å²) in [6, 6.07) is 16.0. The van der Waals surface area contributed by atoms with Crippen LogP contribution in [0.25, 0.3) is 16.8 Å². The molecule has 0 aliphatic heterocycles. The summed E-state index contributed by atoms with van der Waals surface area (Å²) in [4.78, 5) is 17.3. The molecule has 4 nitrogen and oxygen atoms in total. The van der Waals surface area contributed by atoms with Crippen molar-refractivity contribution in [2.45, 2.75) is 46.1 Å². The second-order valence-electron chi connectivity index (χ2n) is 9.29. The Balaban J connectivity index is 1.58. The van der Waals surface area contributed by atoms with E-state index in [-0.39, 0.29) is 17.4 Å². The highest BCUT2D eigenvalue weighted by Crippen LogP contribution is 2.38. The third-order valence-corrected chi connectivity index (χ3v) is 6.11. The molecule has 156 valence electrons. The Morgan fingerprint density at radius 2 is 1.87 bits per heavy atom. The topological polar surface area (TPSA) is 46.9 Å². The molecule has 1 amide bonds. The van der Waals surface area contributed by atoms with E-state index < -0.39 is 0 Å². The van der Waals surface area contributed by atoms with Gasteiger partial charge in [-0.2, -0.15) is 0 Å². The molecule has 1 aliphatic carbocycles. The van der Waals surface area contributed by atoms with E-state index in [4.69, 9.17) is 11.6 Å². The maximum Gasteiger partial charge on any atom is 0.270 e. The highest BCUT2D eigenvalue weighted by atomic mass is 35.5. The number of nitrogens with one attached hydrogen (secondary N) is 1. The number of halogens is 1. The van der Waals surface area contributed by atoms with Crippen molar-refractivity contribution in [3.8, 4) is 16.8 Å². The van der Waals surface area contributed by atoms with Crippen molar-refractivity contribution in [3.63, 3.8) is 0 Å². The first-order valence-electron chi connectivity index (χ1n) is 10.5. The summed E-state index contributed by atoms with van der Waals surface area (Å²) >= 11 is 6.16. The lowest BCUT2D eigenvalue weighted by Gasteiger charge is -2.39. The van der Waals surface area contributed by atoms with Crippen molar-refractivity contribution in [2.75, 3.05) is 0 Å². The first-order valence-corrected chi connectivity index (χ1v) is 10.9. The molecule has 1 N–H and O–H groups in total. The molecule has 0 unspecified atom stereocenters. The summed E-state index contributed by atoms with van der Waals surface area (Å²) in [5.74, 6) is 0.536. The molecule has 1 aliphatic rings. The van der Waals surface area contributed by atoms with Gasteiger partial charge in [-0.3, -0.25) is 9.36 Å². The van der Waals surface area contributed by atoms with Crippen LogP contribution in [0.5, 0.6) is 0 Å². The monoisotopic (exact) mass is 421 g/mol. The van der Waals surface area contributed by atoms with Gasteiger partial charge >= 0.3 is 0 Å². The van der Waals surface area contributed by atoms with E-state index in [0.717, 1.165) is 29.7 Å². The van der Waals surface area contributed by atoms with E-state index in [1.54, 1.807) is 12.5 Å². The second kappa shape index (κ2) is 8.27. The molecular formula is C25H28ClN3O. The molecule has 1 aromatic heterocycles. The molecule has 2 aromatic carbocycles. The van der Waals surface area contributed by atoms with Gasteiger partial charge in [-0.15, -0.1) is 0 Å². The number of nitrogens with zero attached hydrogens (tertiary/aromatic N) is 2. The van der Waals surface area contributed by atoms with E-state index in [9.17, 15) is 4.79 Å². The largest absolute Gasteiger partial charge is 0.348 e. The Morgan fingerprint density at radius 1 is 1.13 bits per heavy atom. The lowest BCUT2D eigenvalue weighted by atomic mass is 9.70. The number of imidazole rings is 1. The number of hydrogen-bond donors (Lipinski definition) is 1. The summed E-state index contributed by atoms with van der Waals surface area (Å²) in [6.07, 6.45) is 6.56. The van der Waals surface area contributed by atoms with E-state index >= 15 is 0 Å². The van der Waals surface area contributed by atoms with Crippen LogP contribution in [0.3, 0.4) is 0 Å². The standard InChI is InChI=1S/C25H28ClN3O/c1-17-10-21(14-25(2,3)13-17)28-24(30)23-15-27-16-29(23)22-9-5-7-19(12-22)18-6-4-8-20(26)11-18/h4-9,11-12,15-17,21H,10,13-14H2,1-3H3,(H,28,30)/t17-,21+/m0/s1. The van der Waals surface area contributed by atoms with Gasteiger partial charge in [0.1, 0.15) is 5.69 Å². The van der Waals surface area contributed by atoms with Crippen LogP contribution in [0.15, 0.2) is 61.1 Å². The molecule has 3 aromatic rings. The molecule has 0 radical (unpaired) electrons. The maximum absolute atomic E-state index is 13.1. The molecule has 0 bridgehead atoms. The third kappa shape index (κ3) is 4.59. The molecule has 1 heterocycles. The zero-order chi connectivity index (χ0) is 21.3. The fraction of sp³-hybridized carbons (Fsp3) is 0.360. The molecule has 4 rings (SSSR count). The molecule has 30 heavy (non-hydrogen) atoms. The molecule has 2 atom stereocenters.